The Balaban J connectivity index is 1.81. The monoisotopic (exact) mass is 362 g/mol. The average molecular weight is 363 g/mol. The standard InChI is InChI=1S/C16H15ClN4O2S/c1-20-10-18-21(16(20)23)9-14(22)19-15(13-3-2-8-24-13)11-4-6-12(17)7-5-11/h2-8,10,15H,9H2,1H3,(H,19,22)/t15-/m1/s1. The van der Waals surface area contributed by atoms with Crippen molar-refractivity contribution in [3.63, 3.8) is 0 Å². The minimum absolute atomic E-state index is 0.130. The number of carbonyl (C=O) groups excluding carboxylic acids is 1. The molecule has 0 radical (unpaired) electrons. The smallest absolute Gasteiger partial charge is 0.343 e. The maximum atomic E-state index is 12.4. The van der Waals surface area contributed by atoms with Gasteiger partial charge in [-0.3, -0.25) is 9.36 Å². The molecule has 6 nitrogen and oxygen atoms in total. The lowest BCUT2D eigenvalue weighted by Crippen LogP contribution is -2.35. The minimum atomic E-state index is -0.329. The van der Waals surface area contributed by atoms with Crippen LogP contribution in [0.2, 0.25) is 5.02 Å². The summed E-state index contributed by atoms with van der Waals surface area (Å²) in [6, 6.07) is 10.9. The zero-order valence-electron chi connectivity index (χ0n) is 12.8. The SMILES string of the molecule is Cn1cnn(CC(=O)N[C@H](c2ccc(Cl)cc2)c2cccs2)c1=O. The molecular weight excluding hydrogens is 348 g/mol. The molecule has 124 valence electrons. The summed E-state index contributed by atoms with van der Waals surface area (Å²) in [7, 11) is 1.59. The second kappa shape index (κ2) is 7.02. The van der Waals surface area contributed by atoms with E-state index in [1.165, 1.54) is 10.9 Å². The van der Waals surface area contributed by atoms with E-state index < -0.39 is 0 Å². The van der Waals surface area contributed by atoms with Gasteiger partial charge in [-0.15, -0.1) is 11.3 Å². The molecule has 0 spiro atoms. The van der Waals surface area contributed by atoms with Crippen molar-refractivity contribution in [1.29, 1.82) is 0 Å². The molecule has 1 N–H and O–H groups in total. The Morgan fingerprint density at radius 2 is 2.08 bits per heavy atom. The average Bonchev–Trinajstić information content (AvgIpc) is 3.20. The van der Waals surface area contributed by atoms with Crippen molar-refractivity contribution in [2.75, 3.05) is 0 Å². The summed E-state index contributed by atoms with van der Waals surface area (Å²) in [4.78, 5) is 25.2. The van der Waals surface area contributed by atoms with E-state index in [1.807, 2.05) is 29.6 Å². The molecule has 0 bridgehead atoms. The van der Waals surface area contributed by atoms with Crippen molar-refractivity contribution >= 4 is 28.8 Å². The predicted molar refractivity (Wildman–Crippen MR) is 93.2 cm³/mol. The van der Waals surface area contributed by atoms with Crippen LogP contribution >= 0.6 is 22.9 Å². The van der Waals surface area contributed by atoms with Crippen LogP contribution in [0.15, 0.2) is 52.9 Å². The third-order valence-corrected chi connectivity index (χ3v) is 4.71. The second-order valence-electron chi connectivity index (χ2n) is 5.25. The Kier molecular flexibility index (Phi) is 4.82. The fourth-order valence-corrected chi connectivity index (χ4v) is 3.23. The maximum absolute atomic E-state index is 12.4. The Hall–Kier alpha value is -2.38. The number of hydrogen-bond donors (Lipinski definition) is 1. The summed E-state index contributed by atoms with van der Waals surface area (Å²) >= 11 is 7.49. The van der Waals surface area contributed by atoms with Gasteiger partial charge in [-0.25, -0.2) is 9.48 Å². The van der Waals surface area contributed by atoms with Crippen LogP contribution in [0.25, 0.3) is 0 Å². The largest absolute Gasteiger partial charge is 0.345 e. The number of nitrogens with zero attached hydrogens (tertiary/aromatic N) is 3. The van der Waals surface area contributed by atoms with Gasteiger partial charge < -0.3 is 5.32 Å². The molecule has 0 saturated heterocycles. The second-order valence-corrected chi connectivity index (χ2v) is 6.67. The van der Waals surface area contributed by atoms with Crippen molar-refractivity contribution in [2.24, 2.45) is 7.05 Å². The summed E-state index contributed by atoms with van der Waals surface area (Å²) < 4.78 is 2.45. The molecule has 0 aliphatic rings. The van der Waals surface area contributed by atoms with Gasteiger partial charge in [0.2, 0.25) is 5.91 Å². The van der Waals surface area contributed by atoms with Crippen molar-refractivity contribution in [2.45, 2.75) is 12.6 Å². The molecule has 2 heterocycles. The fourth-order valence-electron chi connectivity index (χ4n) is 2.30. The van der Waals surface area contributed by atoms with E-state index in [0.717, 1.165) is 15.1 Å². The molecule has 0 aliphatic heterocycles. The number of aryl methyl sites for hydroxylation is 1. The fraction of sp³-hybridized carbons (Fsp3) is 0.188. The lowest BCUT2D eigenvalue weighted by Gasteiger charge is -2.18. The number of amides is 1. The maximum Gasteiger partial charge on any atom is 0.345 e. The molecular formula is C16H15ClN4O2S. The Bertz CT molecular complexity index is 884. The van der Waals surface area contributed by atoms with E-state index in [0.29, 0.717) is 5.02 Å². The molecule has 1 aromatic carbocycles. The third kappa shape index (κ3) is 3.58. The summed E-state index contributed by atoms with van der Waals surface area (Å²) in [5.74, 6) is -0.288. The van der Waals surface area contributed by atoms with Gasteiger partial charge in [0.1, 0.15) is 12.9 Å². The molecule has 0 unspecified atom stereocenters. The number of benzene rings is 1. The normalized spacial score (nSPS) is 12.1. The zero-order chi connectivity index (χ0) is 17.1. The summed E-state index contributed by atoms with van der Waals surface area (Å²) in [5.41, 5.74) is 0.591. The van der Waals surface area contributed by atoms with Crippen molar-refractivity contribution in [3.8, 4) is 0 Å². The van der Waals surface area contributed by atoms with Crippen LogP contribution in [-0.4, -0.2) is 20.3 Å². The molecule has 0 aliphatic carbocycles. The first-order valence-corrected chi connectivity index (χ1v) is 8.47. The summed E-state index contributed by atoms with van der Waals surface area (Å²) in [6.07, 6.45) is 1.38. The van der Waals surface area contributed by atoms with Gasteiger partial charge in [-0.1, -0.05) is 29.8 Å². The molecule has 1 amide bonds. The van der Waals surface area contributed by atoms with Gasteiger partial charge in [-0.05, 0) is 29.1 Å². The number of halogens is 1. The molecule has 0 fully saturated rings. The van der Waals surface area contributed by atoms with E-state index in [2.05, 4.69) is 10.4 Å². The lowest BCUT2D eigenvalue weighted by atomic mass is 10.1. The Morgan fingerprint density at radius 1 is 1.33 bits per heavy atom. The Morgan fingerprint density at radius 3 is 2.67 bits per heavy atom. The number of thiophene rings is 1. The van der Waals surface area contributed by atoms with E-state index in [1.54, 1.807) is 30.5 Å². The highest BCUT2D eigenvalue weighted by Gasteiger charge is 2.19. The Labute approximate surface area is 147 Å². The summed E-state index contributed by atoms with van der Waals surface area (Å²) in [5, 5.41) is 9.45. The van der Waals surface area contributed by atoms with Crippen LogP contribution in [0.4, 0.5) is 0 Å². The van der Waals surface area contributed by atoms with Crippen LogP contribution in [-0.2, 0) is 18.4 Å². The van der Waals surface area contributed by atoms with Crippen molar-refractivity contribution in [1.82, 2.24) is 19.7 Å². The van der Waals surface area contributed by atoms with Gasteiger partial charge in [0.25, 0.3) is 0 Å². The number of carbonyl (C=O) groups is 1. The molecule has 2 aromatic heterocycles. The molecule has 0 saturated carbocycles. The summed E-state index contributed by atoms with van der Waals surface area (Å²) in [6.45, 7) is -0.130. The molecule has 8 heteroatoms. The van der Waals surface area contributed by atoms with E-state index in [4.69, 9.17) is 11.6 Å². The van der Waals surface area contributed by atoms with E-state index in [-0.39, 0.29) is 24.2 Å². The zero-order valence-corrected chi connectivity index (χ0v) is 14.4. The van der Waals surface area contributed by atoms with Gasteiger partial charge in [-0.2, -0.15) is 5.10 Å². The highest BCUT2D eigenvalue weighted by atomic mass is 35.5. The van der Waals surface area contributed by atoms with Gasteiger partial charge in [0.05, 0.1) is 6.04 Å². The van der Waals surface area contributed by atoms with Crippen molar-refractivity contribution < 1.29 is 4.79 Å². The molecule has 3 rings (SSSR count). The quantitative estimate of drug-likeness (QED) is 0.756. The lowest BCUT2D eigenvalue weighted by molar-refractivity contribution is -0.122. The van der Waals surface area contributed by atoms with Gasteiger partial charge in [0, 0.05) is 16.9 Å². The molecule has 1 atom stereocenters. The topological polar surface area (TPSA) is 68.9 Å². The first-order chi connectivity index (χ1) is 11.5. The van der Waals surface area contributed by atoms with Crippen LogP contribution in [0.3, 0.4) is 0 Å². The van der Waals surface area contributed by atoms with Crippen LogP contribution < -0.4 is 11.0 Å². The first kappa shape index (κ1) is 16.5. The third-order valence-electron chi connectivity index (χ3n) is 3.52. The van der Waals surface area contributed by atoms with Crippen molar-refractivity contribution in [3.05, 3.63) is 74.1 Å². The highest BCUT2D eigenvalue weighted by molar-refractivity contribution is 7.10. The van der Waals surface area contributed by atoms with Crippen LogP contribution in [0, 0.1) is 0 Å². The molecule has 3 aromatic rings. The molecule has 24 heavy (non-hydrogen) atoms. The van der Waals surface area contributed by atoms with Gasteiger partial charge >= 0.3 is 5.69 Å². The number of hydrogen-bond acceptors (Lipinski definition) is 4. The number of aromatic nitrogens is 3. The van der Waals surface area contributed by atoms with Gasteiger partial charge in [0.15, 0.2) is 0 Å². The number of nitrogens with one attached hydrogen (secondary N) is 1. The van der Waals surface area contributed by atoms with E-state index >= 15 is 0 Å². The first-order valence-electron chi connectivity index (χ1n) is 7.21. The highest BCUT2D eigenvalue weighted by Crippen LogP contribution is 2.27. The van der Waals surface area contributed by atoms with Crippen LogP contribution in [0.5, 0.6) is 0 Å². The van der Waals surface area contributed by atoms with E-state index in [9.17, 15) is 9.59 Å². The predicted octanol–water partition coefficient (Wildman–Crippen LogP) is 2.20. The minimum Gasteiger partial charge on any atom is -0.343 e. The van der Waals surface area contributed by atoms with Crippen LogP contribution in [0.1, 0.15) is 16.5 Å². The number of rotatable bonds is 5.